The Labute approximate surface area is 191 Å². The van der Waals surface area contributed by atoms with Gasteiger partial charge in [-0.1, -0.05) is 12.1 Å². The van der Waals surface area contributed by atoms with Crippen LogP contribution in [0.3, 0.4) is 0 Å². The third-order valence-electron chi connectivity index (χ3n) is 6.08. The van der Waals surface area contributed by atoms with Gasteiger partial charge in [0.25, 0.3) is 11.8 Å². The topological polar surface area (TPSA) is 114 Å². The van der Waals surface area contributed by atoms with Gasteiger partial charge in [0.15, 0.2) is 11.5 Å². The van der Waals surface area contributed by atoms with Crippen molar-refractivity contribution >= 4 is 27.5 Å². The monoisotopic (exact) mass is 473 g/mol. The van der Waals surface area contributed by atoms with E-state index in [0.29, 0.717) is 35.9 Å². The molecule has 3 aliphatic heterocycles. The predicted molar refractivity (Wildman–Crippen MR) is 118 cm³/mol. The smallest absolute Gasteiger partial charge is 0.261 e. The maximum Gasteiger partial charge on any atom is 0.261 e. The molecule has 1 N–H and O–H groups in total. The lowest BCUT2D eigenvalue weighted by Gasteiger charge is -2.29. The van der Waals surface area contributed by atoms with Crippen LogP contribution in [0.5, 0.6) is 17.2 Å². The molecule has 10 nitrogen and oxygen atoms in total. The Balaban J connectivity index is 1.42. The lowest BCUT2D eigenvalue weighted by molar-refractivity contribution is 0.0664. The van der Waals surface area contributed by atoms with E-state index in [0.717, 1.165) is 22.6 Å². The van der Waals surface area contributed by atoms with Gasteiger partial charge in [0.1, 0.15) is 0 Å². The van der Waals surface area contributed by atoms with Crippen molar-refractivity contribution in [1.82, 2.24) is 9.80 Å². The van der Waals surface area contributed by atoms with E-state index >= 15 is 0 Å². The predicted octanol–water partition coefficient (Wildman–Crippen LogP) is 1.45. The Morgan fingerprint density at radius 2 is 1.73 bits per heavy atom. The van der Waals surface area contributed by atoms with E-state index in [1.165, 1.54) is 7.11 Å². The number of imide groups is 1. The fourth-order valence-electron chi connectivity index (χ4n) is 4.47. The first-order valence-electron chi connectivity index (χ1n) is 10.5. The normalized spacial score (nSPS) is 17.2. The SMILES string of the molecule is COc1c2c(c(NS(=O)(=O)CCN3C(=O)c4ccccc4C3=O)c3c1OCO3)CCN(C)C2. The Hall–Kier alpha value is -3.31. The van der Waals surface area contributed by atoms with E-state index in [9.17, 15) is 18.0 Å². The lowest BCUT2D eigenvalue weighted by atomic mass is 9.96. The molecule has 3 aliphatic rings. The molecule has 0 saturated heterocycles. The summed E-state index contributed by atoms with van der Waals surface area (Å²) in [5.74, 6) is -0.238. The minimum Gasteiger partial charge on any atom is -0.492 e. The van der Waals surface area contributed by atoms with E-state index in [2.05, 4.69) is 9.62 Å². The zero-order valence-electron chi connectivity index (χ0n) is 18.2. The maximum absolute atomic E-state index is 13.0. The molecule has 0 spiro atoms. The highest BCUT2D eigenvalue weighted by Gasteiger charge is 2.37. The van der Waals surface area contributed by atoms with Crippen molar-refractivity contribution in [2.45, 2.75) is 13.0 Å². The first kappa shape index (κ1) is 21.5. The van der Waals surface area contributed by atoms with Crippen LogP contribution in [0.25, 0.3) is 0 Å². The van der Waals surface area contributed by atoms with Crippen molar-refractivity contribution in [2.24, 2.45) is 0 Å². The molecule has 0 unspecified atom stereocenters. The number of nitrogens with one attached hydrogen (secondary N) is 1. The summed E-state index contributed by atoms with van der Waals surface area (Å²) >= 11 is 0. The van der Waals surface area contributed by atoms with Gasteiger partial charge in [-0.05, 0) is 31.2 Å². The summed E-state index contributed by atoms with van der Waals surface area (Å²) in [6.45, 7) is 0.995. The number of hydrogen-bond acceptors (Lipinski definition) is 8. The minimum absolute atomic E-state index is 0.0474. The number of likely N-dealkylation sites (N-methyl/N-ethyl adjacent to an activating group) is 1. The van der Waals surface area contributed by atoms with Crippen LogP contribution in [-0.2, 0) is 23.0 Å². The first-order chi connectivity index (χ1) is 15.8. The van der Waals surface area contributed by atoms with Crippen LogP contribution in [0.15, 0.2) is 24.3 Å². The number of nitrogens with zero attached hydrogens (tertiary/aromatic N) is 2. The number of fused-ring (bicyclic) bond motifs is 3. The van der Waals surface area contributed by atoms with Crippen molar-refractivity contribution in [3.8, 4) is 17.2 Å². The number of sulfonamides is 1. The third-order valence-corrected chi connectivity index (χ3v) is 7.32. The van der Waals surface area contributed by atoms with E-state index in [4.69, 9.17) is 14.2 Å². The fraction of sp³-hybridized carbons (Fsp3) is 0.364. The fourth-order valence-corrected chi connectivity index (χ4v) is 5.53. The summed E-state index contributed by atoms with van der Waals surface area (Å²) in [7, 11) is -0.420. The second-order valence-electron chi connectivity index (χ2n) is 8.15. The molecule has 0 atom stereocenters. The second kappa shape index (κ2) is 7.92. The largest absolute Gasteiger partial charge is 0.492 e. The molecule has 2 amide bonds. The highest BCUT2D eigenvalue weighted by molar-refractivity contribution is 7.92. The summed E-state index contributed by atoms with van der Waals surface area (Å²) in [5, 5.41) is 0. The van der Waals surface area contributed by atoms with E-state index in [1.54, 1.807) is 24.3 Å². The first-order valence-corrected chi connectivity index (χ1v) is 12.1. The van der Waals surface area contributed by atoms with Gasteiger partial charge in [0.05, 0.1) is 29.7 Å². The zero-order chi connectivity index (χ0) is 23.3. The number of anilines is 1. The van der Waals surface area contributed by atoms with Crippen LogP contribution in [0, 0.1) is 0 Å². The molecule has 2 aromatic rings. The van der Waals surface area contributed by atoms with E-state index in [-0.39, 0.29) is 24.5 Å². The summed E-state index contributed by atoms with van der Waals surface area (Å²) in [5.41, 5.74) is 2.52. The molecule has 0 radical (unpaired) electrons. The number of ether oxygens (including phenoxy) is 3. The summed E-state index contributed by atoms with van der Waals surface area (Å²) < 4.78 is 45.5. The van der Waals surface area contributed by atoms with Crippen LogP contribution < -0.4 is 18.9 Å². The van der Waals surface area contributed by atoms with Crippen molar-refractivity contribution in [2.75, 3.05) is 44.5 Å². The third kappa shape index (κ3) is 3.57. The molecule has 5 rings (SSSR count). The maximum atomic E-state index is 13.0. The van der Waals surface area contributed by atoms with Crippen LogP contribution in [0.4, 0.5) is 5.69 Å². The molecule has 3 heterocycles. The van der Waals surface area contributed by atoms with E-state index < -0.39 is 27.6 Å². The van der Waals surface area contributed by atoms with Gasteiger partial charge in [0.2, 0.25) is 22.6 Å². The van der Waals surface area contributed by atoms with Crippen LogP contribution in [-0.4, -0.2) is 69.8 Å². The van der Waals surface area contributed by atoms with Gasteiger partial charge in [0, 0.05) is 25.2 Å². The number of amides is 2. The standard InChI is InChI=1S/C22H23N3O7S/c1-24-8-7-13-16(11-24)18(30-2)20-19(31-12-32-20)17(13)23-33(28,29)10-9-25-21(26)14-5-3-4-6-15(14)22(25)27/h3-6,23H,7-12H2,1-2H3. The number of carbonyl (C=O) groups excluding carboxylic acids is 2. The second-order valence-corrected chi connectivity index (χ2v) is 9.99. The zero-order valence-corrected chi connectivity index (χ0v) is 19.0. The van der Waals surface area contributed by atoms with Crippen LogP contribution in [0.1, 0.15) is 31.8 Å². The van der Waals surface area contributed by atoms with Gasteiger partial charge in [-0.15, -0.1) is 0 Å². The molecule has 0 fully saturated rings. The molecular formula is C22H23N3O7S. The van der Waals surface area contributed by atoms with Gasteiger partial charge >= 0.3 is 0 Å². The van der Waals surface area contributed by atoms with Crippen LogP contribution in [0.2, 0.25) is 0 Å². The number of hydrogen-bond donors (Lipinski definition) is 1. The number of methoxy groups -OCH3 is 1. The summed E-state index contributed by atoms with van der Waals surface area (Å²) in [6.07, 6.45) is 0.592. The molecule has 0 aromatic heterocycles. The molecule has 0 bridgehead atoms. The number of rotatable bonds is 6. The van der Waals surface area contributed by atoms with Crippen LogP contribution >= 0.6 is 0 Å². The number of benzene rings is 2. The van der Waals surface area contributed by atoms with E-state index in [1.807, 2.05) is 7.05 Å². The summed E-state index contributed by atoms with van der Waals surface area (Å²) in [6, 6.07) is 6.45. The van der Waals surface area contributed by atoms with Gasteiger partial charge in [-0.3, -0.25) is 19.2 Å². The summed E-state index contributed by atoms with van der Waals surface area (Å²) in [4.78, 5) is 28.2. The Morgan fingerprint density at radius 3 is 2.39 bits per heavy atom. The molecule has 33 heavy (non-hydrogen) atoms. The molecule has 0 saturated carbocycles. The van der Waals surface area contributed by atoms with Crippen molar-refractivity contribution in [3.05, 3.63) is 46.5 Å². The quantitative estimate of drug-likeness (QED) is 0.627. The van der Waals surface area contributed by atoms with Crippen molar-refractivity contribution in [3.63, 3.8) is 0 Å². The average molecular weight is 474 g/mol. The van der Waals surface area contributed by atoms with Crippen molar-refractivity contribution < 1.29 is 32.2 Å². The Morgan fingerprint density at radius 1 is 1.06 bits per heavy atom. The highest BCUT2D eigenvalue weighted by Crippen LogP contribution is 2.52. The minimum atomic E-state index is -3.93. The molecule has 174 valence electrons. The molecule has 11 heteroatoms. The molecule has 0 aliphatic carbocycles. The Bertz CT molecular complexity index is 1240. The molecule has 2 aromatic carbocycles. The van der Waals surface area contributed by atoms with Gasteiger partial charge in [-0.2, -0.15) is 0 Å². The Kier molecular flexibility index (Phi) is 5.17. The number of carbonyl (C=O) groups is 2. The van der Waals surface area contributed by atoms with Gasteiger partial charge < -0.3 is 19.1 Å². The van der Waals surface area contributed by atoms with Gasteiger partial charge in [-0.25, -0.2) is 8.42 Å². The molecular weight excluding hydrogens is 450 g/mol. The highest BCUT2D eigenvalue weighted by atomic mass is 32.2. The average Bonchev–Trinajstić information content (AvgIpc) is 3.36. The lowest BCUT2D eigenvalue weighted by Crippen LogP contribution is -2.36. The van der Waals surface area contributed by atoms with Crippen molar-refractivity contribution in [1.29, 1.82) is 0 Å².